The zero-order valence-corrected chi connectivity index (χ0v) is 21.0. The zero-order chi connectivity index (χ0) is 25.7. The molecule has 1 N–H and O–H groups in total. The van der Waals surface area contributed by atoms with Crippen molar-refractivity contribution >= 4 is 50.5 Å². The fourth-order valence-corrected chi connectivity index (χ4v) is 5.70. The van der Waals surface area contributed by atoms with Gasteiger partial charge in [0.2, 0.25) is 0 Å². The fraction of sp³-hybridized carbons (Fsp3) is 0.143. The highest BCUT2D eigenvalue weighted by Crippen LogP contribution is 2.27. The fourth-order valence-electron chi connectivity index (χ4n) is 3.89. The zero-order valence-electron chi connectivity index (χ0n) is 19.5. The number of carboxylic acids is 1. The smallest absolute Gasteiger partial charge is 0.337 e. The van der Waals surface area contributed by atoms with E-state index in [0.717, 1.165) is 22.2 Å². The first kappa shape index (κ1) is 25.6. The van der Waals surface area contributed by atoms with Gasteiger partial charge in [-0.1, -0.05) is 60.1 Å². The molecule has 184 valence electrons. The second-order valence-corrected chi connectivity index (χ2v) is 10.5. The maximum absolute atomic E-state index is 13.2. The SMILES string of the molecule is CCOC(CS(=O)(=O)c1ccccc1C(=O)O)c1cccc(/C=C/c2ccc3ccc(Cl)cc3n2)c1. The Balaban J connectivity index is 1.60. The van der Waals surface area contributed by atoms with Crippen LogP contribution in [0.5, 0.6) is 0 Å². The lowest BCUT2D eigenvalue weighted by Gasteiger charge is -2.19. The number of nitrogens with zero attached hydrogens (tertiary/aromatic N) is 1. The summed E-state index contributed by atoms with van der Waals surface area (Å²) in [6.45, 7) is 2.08. The maximum Gasteiger partial charge on any atom is 0.337 e. The van der Waals surface area contributed by atoms with Gasteiger partial charge in [0, 0.05) is 17.0 Å². The van der Waals surface area contributed by atoms with Crippen molar-refractivity contribution < 1.29 is 23.1 Å². The number of aromatic nitrogens is 1. The van der Waals surface area contributed by atoms with Crippen molar-refractivity contribution in [2.24, 2.45) is 0 Å². The number of pyridine rings is 1. The first-order valence-corrected chi connectivity index (χ1v) is 13.3. The molecule has 0 saturated carbocycles. The number of benzene rings is 3. The van der Waals surface area contributed by atoms with Gasteiger partial charge in [0.1, 0.15) is 0 Å². The Bertz CT molecular complexity index is 1550. The van der Waals surface area contributed by atoms with Crippen molar-refractivity contribution in [1.29, 1.82) is 0 Å². The third-order valence-corrected chi connectivity index (χ3v) is 7.60. The quantitative estimate of drug-likeness (QED) is 0.277. The van der Waals surface area contributed by atoms with Gasteiger partial charge in [0.05, 0.1) is 33.5 Å². The summed E-state index contributed by atoms with van der Waals surface area (Å²) in [6, 6.07) is 22.4. The molecule has 6 nitrogen and oxygen atoms in total. The van der Waals surface area contributed by atoms with Crippen LogP contribution in [0.3, 0.4) is 0 Å². The second-order valence-electron chi connectivity index (χ2n) is 8.10. The van der Waals surface area contributed by atoms with E-state index >= 15 is 0 Å². The molecule has 0 bridgehead atoms. The molecule has 0 aliphatic rings. The Labute approximate surface area is 214 Å². The maximum atomic E-state index is 13.2. The highest BCUT2D eigenvalue weighted by Gasteiger charge is 2.27. The summed E-state index contributed by atoms with van der Waals surface area (Å²) >= 11 is 6.08. The van der Waals surface area contributed by atoms with Gasteiger partial charge in [-0.2, -0.15) is 0 Å². The first-order valence-electron chi connectivity index (χ1n) is 11.3. The molecule has 0 aliphatic carbocycles. The minimum Gasteiger partial charge on any atom is -0.478 e. The summed E-state index contributed by atoms with van der Waals surface area (Å²) in [5.74, 6) is -1.68. The predicted molar refractivity (Wildman–Crippen MR) is 142 cm³/mol. The molecule has 1 aromatic heterocycles. The second kappa shape index (κ2) is 11.0. The third-order valence-electron chi connectivity index (χ3n) is 5.60. The van der Waals surface area contributed by atoms with Gasteiger partial charge in [0.25, 0.3) is 0 Å². The number of halogens is 1. The Morgan fingerprint density at radius 3 is 2.58 bits per heavy atom. The van der Waals surface area contributed by atoms with E-state index in [1.165, 1.54) is 24.3 Å². The average Bonchev–Trinajstić information content (AvgIpc) is 2.87. The highest BCUT2D eigenvalue weighted by molar-refractivity contribution is 7.91. The Morgan fingerprint density at radius 1 is 1.03 bits per heavy atom. The molecule has 4 aromatic rings. The third kappa shape index (κ3) is 5.99. The molecule has 0 fully saturated rings. The Kier molecular flexibility index (Phi) is 7.84. The van der Waals surface area contributed by atoms with Crippen LogP contribution in [0, 0.1) is 0 Å². The molecule has 1 heterocycles. The monoisotopic (exact) mass is 521 g/mol. The number of fused-ring (bicyclic) bond motifs is 1. The molecule has 1 atom stereocenters. The van der Waals surface area contributed by atoms with Gasteiger partial charge in [-0.25, -0.2) is 18.2 Å². The Hall–Kier alpha value is -3.52. The topological polar surface area (TPSA) is 93.6 Å². The number of sulfone groups is 1. The standard InChI is InChI=1S/C28H24ClNO5S/c1-2-35-26(18-36(33,34)27-9-4-3-8-24(27)28(31)32)21-7-5-6-19(16-21)10-14-23-15-12-20-11-13-22(29)17-25(20)30-23/h3-17,26H,2,18H2,1H3,(H,31,32)/b14-10+. The van der Waals surface area contributed by atoms with Gasteiger partial charge in [-0.05, 0) is 60.5 Å². The van der Waals surface area contributed by atoms with Crippen molar-refractivity contribution in [2.75, 3.05) is 12.4 Å². The van der Waals surface area contributed by atoms with E-state index in [2.05, 4.69) is 4.98 Å². The van der Waals surface area contributed by atoms with Crippen molar-refractivity contribution in [3.8, 4) is 0 Å². The van der Waals surface area contributed by atoms with Gasteiger partial charge in [0.15, 0.2) is 9.84 Å². The van der Waals surface area contributed by atoms with Crippen LogP contribution in [-0.4, -0.2) is 36.8 Å². The summed E-state index contributed by atoms with van der Waals surface area (Å²) in [4.78, 5) is 16.0. The lowest BCUT2D eigenvalue weighted by molar-refractivity contribution is 0.0691. The predicted octanol–water partition coefficient (Wildman–Crippen LogP) is 6.31. The molecule has 0 radical (unpaired) electrons. The van der Waals surface area contributed by atoms with E-state index in [4.69, 9.17) is 16.3 Å². The number of carbonyl (C=O) groups is 1. The highest BCUT2D eigenvalue weighted by atomic mass is 35.5. The molecule has 3 aromatic carbocycles. The average molecular weight is 522 g/mol. The molecular weight excluding hydrogens is 498 g/mol. The van der Waals surface area contributed by atoms with Crippen LogP contribution in [0.15, 0.2) is 83.8 Å². The van der Waals surface area contributed by atoms with Gasteiger partial charge < -0.3 is 9.84 Å². The van der Waals surface area contributed by atoms with Crippen LogP contribution < -0.4 is 0 Å². The van der Waals surface area contributed by atoms with E-state index < -0.39 is 21.9 Å². The number of rotatable bonds is 9. The van der Waals surface area contributed by atoms with Crippen LogP contribution in [0.4, 0.5) is 0 Å². The summed E-state index contributed by atoms with van der Waals surface area (Å²) in [5, 5.41) is 11.0. The van der Waals surface area contributed by atoms with Crippen LogP contribution in [-0.2, 0) is 14.6 Å². The molecule has 0 aliphatic heterocycles. The molecule has 0 amide bonds. The summed E-state index contributed by atoms with van der Waals surface area (Å²) in [5.41, 5.74) is 2.81. The molecule has 8 heteroatoms. The van der Waals surface area contributed by atoms with E-state index in [0.29, 0.717) is 17.2 Å². The van der Waals surface area contributed by atoms with Crippen molar-refractivity contribution in [3.63, 3.8) is 0 Å². The first-order chi connectivity index (χ1) is 17.3. The lowest BCUT2D eigenvalue weighted by atomic mass is 10.1. The van der Waals surface area contributed by atoms with Crippen molar-refractivity contribution in [1.82, 2.24) is 4.98 Å². The largest absolute Gasteiger partial charge is 0.478 e. The number of hydrogen-bond donors (Lipinski definition) is 1. The molecule has 4 rings (SSSR count). The number of carboxylic acid groups (broad SMARTS) is 1. The number of hydrogen-bond acceptors (Lipinski definition) is 5. The summed E-state index contributed by atoms with van der Waals surface area (Å²) < 4.78 is 32.1. The van der Waals surface area contributed by atoms with Crippen LogP contribution >= 0.6 is 11.6 Å². The molecule has 0 spiro atoms. The normalized spacial score (nSPS) is 12.7. The van der Waals surface area contributed by atoms with E-state index in [1.807, 2.05) is 60.7 Å². The Morgan fingerprint density at radius 2 is 1.81 bits per heavy atom. The van der Waals surface area contributed by atoms with Gasteiger partial charge >= 0.3 is 5.97 Å². The van der Waals surface area contributed by atoms with Crippen LogP contribution in [0.1, 0.15) is 40.2 Å². The van der Waals surface area contributed by atoms with Gasteiger partial charge in [-0.3, -0.25) is 0 Å². The minimum absolute atomic E-state index is 0.222. The van der Waals surface area contributed by atoms with E-state index in [-0.39, 0.29) is 16.2 Å². The molecule has 1 unspecified atom stereocenters. The molecular formula is C28H24ClNO5S. The lowest BCUT2D eigenvalue weighted by Crippen LogP contribution is -2.20. The van der Waals surface area contributed by atoms with Gasteiger partial charge in [-0.15, -0.1) is 0 Å². The summed E-state index contributed by atoms with van der Waals surface area (Å²) in [7, 11) is -3.94. The van der Waals surface area contributed by atoms with Crippen LogP contribution in [0.2, 0.25) is 5.02 Å². The van der Waals surface area contributed by atoms with E-state index in [9.17, 15) is 18.3 Å². The minimum atomic E-state index is -3.94. The number of aromatic carboxylic acids is 1. The van der Waals surface area contributed by atoms with Crippen molar-refractivity contribution in [2.45, 2.75) is 17.9 Å². The molecule has 0 saturated heterocycles. The van der Waals surface area contributed by atoms with Crippen LogP contribution in [0.25, 0.3) is 23.1 Å². The van der Waals surface area contributed by atoms with Crippen molar-refractivity contribution in [3.05, 3.63) is 106 Å². The number of ether oxygens (including phenoxy) is 1. The summed E-state index contributed by atoms with van der Waals surface area (Å²) in [6.07, 6.45) is 2.99. The van der Waals surface area contributed by atoms with E-state index in [1.54, 1.807) is 13.0 Å². The molecule has 36 heavy (non-hydrogen) atoms.